The van der Waals surface area contributed by atoms with Crippen molar-refractivity contribution >= 4 is 22.8 Å². The van der Waals surface area contributed by atoms with Gasteiger partial charge in [-0.15, -0.1) is 0 Å². The molecule has 0 spiro atoms. The number of aromatic hydroxyl groups is 1. The molecule has 30 heavy (non-hydrogen) atoms. The van der Waals surface area contributed by atoms with Crippen molar-refractivity contribution in [2.24, 2.45) is 0 Å². The summed E-state index contributed by atoms with van der Waals surface area (Å²) in [6, 6.07) is 9.76. The van der Waals surface area contributed by atoms with E-state index < -0.39 is 47.7 Å². The molecule has 9 nitrogen and oxygen atoms in total. The SMILES string of the molecule is COC(=O)CC(c1cc2ccccc2[nH]c1=O)c1c(O)cc(C)n(CC(=O)O)c1=O. The molecule has 156 valence electrons. The second-order valence-corrected chi connectivity index (χ2v) is 6.84. The number of methoxy groups -OCH3 is 1. The summed E-state index contributed by atoms with van der Waals surface area (Å²) in [6.45, 7) is 0.850. The van der Waals surface area contributed by atoms with Gasteiger partial charge in [0.15, 0.2) is 0 Å². The van der Waals surface area contributed by atoms with Gasteiger partial charge in [0.2, 0.25) is 0 Å². The van der Waals surface area contributed by atoms with E-state index in [9.17, 15) is 24.3 Å². The Balaban J connectivity index is 2.30. The van der Waals surface area contributed by atoms with E-state index in [0.717, 1.165) is 4.57 Å². The summed E-state index contributed by atoms with van der Waals surface area (Å²) >= 11 is 0. The molecule has 2 aromatic heterocycles. The van der Waals surface area contributed by atoms with Crippen LogP contribution in [0.3, 0.4) is 0 Å². The normalized spacial score (nSPS) is 11.9. The molecular formula is C21H20N2O7. The number of hydrogen-bond acceptors (Lipinski definition) is 6. The number of H-pyrrole nitrogens is 1. The van der Waals surface area contributed by atoms with E-state index >= 15 is 0 Å². The fourth-order valence-electron chi connectivity index (χ4n) is 3.47. The predicted octanol–water partition coefficient (Wildman–Crippen LogP) is 1.48. The van der Waals surface area contributed by atoms with E-state index in [1.165, 1.54) is 20.1 Å². The van der Waals surface area contributed by atoms with Crippen LogP contribution in [0, 0.1) is 6.92 Å². The molecule has 2 heterocycles. The quantitative estimate of drug-likeness (QED) is 0.521. The number of nitrogens with zero attached hydrogens (tertiary/aromatic N) is 1. The van der Waals surface area contributed by atoms with Crippen molar-refractivity contribution in [2.75, 3.05) is 7.11 Å². The number of carbonyl (C=O) groups is 2. The van der Waals surface area contributed by atoms with Gasteiger partial charge in [0, 0.05) is 22.7 Å². The summed E-state index contributed by atoms with van der Waals surface area (Å²) in [5.74, 6) is -3.51. The molecule has 0 aliphatic rings. The molecule has 0 amide bonds. The summed E-state index contributed by atoms with van der Waals surface area (Å²) in [4.78, 5) is 51.8. The Labute approximate surface area is 170 Å². The lowest BCUT2D eigenvalue weighted by Crippen LogP contribution is -2.32. The number of esters is 1. The van der Waals surface area contributed by atoms with Crippen LogP contribution in [-0.4, -0.2) is 38.8 Å². The van der Waals surface area contributed by atoms with Gasteiger partial charge in [-0.2, -0.15) is 0 Å². The molecule has 1 atom stereocenters. The summed E-state index contributed by atoms with van der Waals surface area (Å²) in [5.41, 5.74) is -0.694. The van der Waals surface area contributed by atoms with Crippen molar-refractivity contribution in [3.8, 4) is 5.75 Å². The Morgan fingerprint density at radius 1 is 1.20 bits per heavy atom. The fourth-order valence-corrected chi connectivity index (χ4v) is 3.47. The molecule has 9 heteroatoms. The van der Waals surface area contributed by atoms with Crippen LogP contribution in [0.2, 0.25) is 0 Å². The highest BCUT2D eigenvalue weighted by Crippen LogP contribution is 2.31. The number of carboxylic acid groups (broad SMARTS) is 1. The number of hydrogen-bond donors (Lipinski definition) is 3. The zero-order valence-electron chi connectivity index (χ0n) is 16.3. The fraction of sp³-hybridized carbons (Fsp3) is 0.238. The highest BCUT2D eigenvalue weighted by atomic mass is 16.5. The molecule has 0 saturated heterocycles. The topological polar surface area (TPSA) is 139 Å². The van der Waals surface area contributed by atoms with Gasteiger partial charge in [0.05, 0.1) is 19.1 Å². The molecule has 1 unspecified atom stereocenters. The van der Waals surface area contributed by atoms with Crippen molar-refractivity contribution in [3.63, 3.8) is 0 Å². The Kier molecular flexibility index (Phi) is 5.72. The highest BCUT2D eigenvalue weighted by molar-refractivity contribution is 5.79. The number of aryl methyl sites for hydroxylation is 1. The van der Waals surface area contributed by atoms with E-state index in [2.05, 4.69) is 4.98 Å². The Hall–Kier alpha value is -3.88. The second-order valence-electron chi connectivity index (χ2n) is 6.84. The number of nitrogens with one attached hydrogen (secondary N) is 1. The summed E-state index contributed by atoms with van der Waals surface area (Å²) in [7, 11) is 1.17. The minimum Gasteiger partial charge on any atom is -0.507 e. The average Bonchev–Trinajstić information content (AvgIpc) is 2.69. The monoisotopic (exact) mass is 412 g/mol. The number of pyridine rings is 2. The highest BCUT2D eigenvalue weighted by Gasteiger charge is 2.29. The van der Waals surface area contributed by atoms with Crippen molar-refractivity contribution < 1.29 is 24.5 Å². The predicted molar refractivity (Wildman–Crippen MR) is 108 cm³/mol. The summed E-state index contributed by atoms with van der Waals surface area (Å²) in [6.07, 6.45) is -0.392. The van der Waals surface area contributed by atoms with Crippen molar-refractivity contribution in [2.45, 2.75) is 25.8 Å². The molecule has 0 bridgehead atoms. The number of carboxylic acids is 1. The lowest BCUT2D eigenvalue weighted by Gasteiger charge is -2.19. The Bertz CT molecular complexity index is 1260. The summed E-state index contributed by atoms with van der Waals surface area (Å²) in [5, 5.41) is 20.3. The first-order valence-corrected chi connectivity index (χ1v) is 9.06. The van der Waals surface area contributed by atoms with Crippen LogP contribution in [0.25, 0.3) is 10.9 Å². The van der Waals surface area contributed by atoms with Crippen LogP contribution in [0.4, 0.5) is 0 Å². The van der Waals surface area contributed by atoms with Gasteiger partial charge in [0.1, 0.15) is 12.3 Å². The smallest absolute Gasteiger partial charge is 0.323 e. The molecule has 0 saturated carbocycles. The third-order valence-corrected chi connectivity index (χ3v) is 4.92. The standard InChI is InChI=1S/C21H20N2O7/c1-11-7-16(24)19(21(29)23(11)10-17(25)26)13(9-18(27)30-2)14-8-12-5-3-4-6-15(12)22-20(14)28/h3-8,13,24H,9-10H2,1-2H3,(H,22,28)(H,25,26). The molecule has 0 aliphatic heterocycles. The largest absolute Gasteiger partial charge is 0.507 e. The molecule has 0 fully saturated rings. The number of aliphatic carboxylic acids is 1. The van der Waals surface area contributed by atoms with Crippen LogP contribution >= 0.6 is 0 Å². The molecule has 3 aromatic rings. The molecular weight excluding hydrogens is 392 g/mol. The van der Waals surface area contributed by atoms with Crippen LogP contribution < -0.4 is 11.1 Å². The van der Waals surface area contributed by atoms with Crippen LogP contribution in [-0.2, 0) is 20.9 Å². The number of para-hydroxylation sites is 1. The Morgan fingerprint density at radius 2 is 1.90 bits per heavy atom. The molecule has 0 radical (unpaired) electrons. The van der Waals surface area contributed by atoms with E-state index in [0.29, 0.717) is 10.9 Å². The van der Waals surface area contributed by atoms with Gasteiger partial charge < -0.3 is 24.5 Å². The molecule has 3 rings (SSSR count). The zero-order chi connectivity index (χ0) is 22.0. The van der Waals surface area contributed by atoms with E-state index in [1.807, 2.05) is 0 Å². The number of benzene rings is 1. The zero-order valence-corrected chi connectivity index (χ0v) is 16.3. The first kappa shape index (κ1) is 20.8. The number of rotatable bonds is 6. The third-order valence-electron chi connectivity index (χ3n) is 4.92. The lowest BCUT2D eigenvalue weighted by atomic mass is 9.88. The maximum atomic E-state index is 13.1. The lowest BCUT2D eigenvalue weighted by molar-refractivity contribution is -0.141. The van der Waals surface area contributed by atoms with E-state index in [-0.39, 0.29) is 16.8 Å². The Morgan fingerprint density at radius 3 is 2.57 bits per heavy atom. The van der Waals surface area contributed by atoms with Gasteiger partial charge in [-0.25, -0.2) is 0 Å². The first-order valence-electron chi connectivity index (χ1n) is 9.06. The number of aromatic amines is 1. The van der Waals surface area contributed by atoms with Gasteiger partial charge >= 0.3 is 11.9 Å². The number of aromatic nitrogens is 2. The maximum Gasteiger partial charge on any atom is 0.323 e. The van der Waals surface area contributed by atoms with Crippen molar-refractivity contribution in [1.82, 2.24) is 9.55 Å². The number of fused-ring (bicyclic) bond motifs is 1. The van der Waals surface area contributed by atoms with Crippen LogP contribution in [0.1, 0.15) is 29.2 Å². The van der Waals surface area contributed by atoms with Crippen LogP contribution in [0.5, 0.6) is 5.75 Å². The van der Waals surface area contributed by atoms with Crippen molar-refractivity contribution in [1.29, 1.82) is 0 Å². The molecule has 0 aliphatic carbocycles. The summed E-state index contributed by atoms with van der Waals surface area (Å²) < 4.78 is 5.68. The molecule has 3 N–H and O–H groups in total. The maximum absolute atomic E-state index is 13.1. The first-order chi connectivity index (χ1) is 14.2. The minimum absolute atomic E-state index is 0.0808. The van der Waals surface area contributed by atoms with E-state index in [4.69, 9.17) is 9.84 Å². The second kappa shape index (κ2) is 8.24. The average molecular weight is 412 g/mol. The van der Waals surface area contributed by atoms with Gasteiger partial charge in [0.25, 0.3) is 11.1 Å². The van der Waals surface area contributed by atoms with Gasteiger partial charge in [-0.3, -0.25) is 19.2 Å². The molecule has 1 aromatic carbocycles. The van der Waals surface area contributed by atoms with Gasteiger partial charge in [-0.05, 0) is 30.5 Å². The number of ether oxygens (including phenoxy) is 1. The van der Waals surface area contributed by atoms with Crippen molar-refractivity contribution in [3.05, 3.63) is 73.9 Å². The minimum atomic E-state index is -1.25. The third kappa shape index (κ3) is 3.95. The van der Waals surface area contributed by atoms with Crippen LogP contribution in [0.15, 0.2) is 46.0 Å². The van der Waals surface area contributed by atoms with Gasteiger partial charge in [-0.1, -0.05) is 18.2 Å². The number of carbonyl (C=O) groups excluding carboxylic acids is 1. The van der Waals surface area contributed by atoms with E-state index in [1.54, 1.807) is 30.3 Å².